The molecule has 0 unspecified atom stereocenters. The van der Waals surface area contributed by atoms with Gasteiger partial charge in [-0.2, -0.15) is 0 Å². The summed E-state index contributed by atoms with van der Waals surface area (Å²) in [5.74, 6) is -0.620. The van der Waals surface area contributed by atoms with Crippen LogP contribution in [0.4, 0.5) is 0 Å². The molecule has 0 saturated carbocycles. The average Bonchev–Trinajstić information content (AvgIpc) is 3.07. The molecular weight excluding hydrogens is 592 g/mol. The fraction of sp³-hybridized carbons (Fsp3) is 0.0556. The number of carbonyl (C=O) groups is 4. The molecule has 4 aromatic carbocycles. The maximum absolute atomic E-state index is 12.4. The molecule has 10 heteroatoms. The number of hydrogen-bond donors (Lipinski definition) is 0. The van der Waals surface area contributed by atoms with E-state index >= 15 is 0 Å². The van der Waals surface area contributed by atoms with Gasteiger partial charge in [-0.3, -0.25) is 0 Å². The molecular formula is C36H28O10. The highest BCUT2D eigenvalue weighted by atomic mass is 16.7. The Labute approximate surface area is 264 Å². The van der Waals surface area contributed by atoms with Crippen molar-refractivity contribution in [3.8, 4) is 23.0 Å². The summed E-state index contributed by atoms with van der Waals surface area (Å²) >= 11 is 0. The molecule has 0 heterocycles. The van der Waals surface area contributed by atoms with E-state index in [1.54, 1.807) is 97.1 Å². The van der Waals surface area contributed by atoms with Crippen LogP contribution in [0.1, 0.15) is 11.1 Å². The second-order valence-electron chi connectivity index (χ2n) is 9.18. The smallest absolute Gasteiger partial charge is 0.336 e. The van der Waals surface area contributed by atoms with E-state index in [1.165, 1.54) is 12.2 Å². The van der Waals surface area contributed by atoms with E-state index in [1.807, 2.05) is 0 Å². The number of benzene rings is 4. The van der Waals surface area contributed by atoms with E-state index in [9.17, 15) is 19.2 Å². The lowest BCUT2D eigenvalue weighted by Gasteiger charge is -2.07. The number of fused-ring (bicyclic) bond motifs is 1. The Bertz CT molecular complexity index is 1650. The molecule has 10 nitrogen and oxygen atoms in total. The Balaban J connectivity index is 1.25. The van der Waals surface area contributed by atoms with Gasteiger partial charge in [-0.25, -0.2) is 19.2 Å². The largest absolute Gasteiger partial charge is 0.457 e. The van der Waals surface area contributed by atoms with E-state index in [4.69, 9.17) is 28.4 Å². The van der Waals surface area contributed by atoms with Gasteiger partial charge in [-0.05, 0) is 82.6 Å². The zero-order valence-electron chi connectivity index (χ0n) is 24.5. The summed E-state index contributed by atoms with van der Waals surface area (Å²) in [6.45, 7) is 6.13. The molecule has 0 aliphatic carbocycles. The average molecular weight is 621 g/mol. The molecule has 0 N–H and O–H groups in total. The Hall–Kier alpha value is -6.42. The van der Waals surface area contributed by atoms with E-state index in [0.29, 0.717) is 23.0 Å². The third-order valence-corrected chi connectivity index (χ3v) is 5.99. The lowest BCUT2D eigenvalue weighted by molar-refractivity contribution is -0.145. The maximum atomic E-state index is 12.4. The van der Waals surface area contributed by atoms with E-state index in [-0.39, 0.29) is 13.6 Å². The fourth-order valence-corrected chi connectivity index (χ4v) is 3.74. The third kappa shape index (κ3) is 10.4. The molecule has 0 bridgehead atoms. The summed E-state index contributed by atoms with van der Waals surface area (Å²) in [7, 11) is 0. The number of rotatable bonds is 14. The topological polar surface area (TPSA) is 124 Å². The van der Waals surface area contributed by atoms with Gasteiger partial charge in [-0.15, -0.1) is 0 Å². The molecule has 0 atom stereocenters. The minimum absolute atomic E-state index is 0.240. The molecule has 4 aromatic rings. The van der Waals surface area contributed by atoms with Crippen LogP contribution in [0.15, 0.2) is 122 Å². The van der Waals surface area contributed by atoms with Crippen LogP contribution in [0.25, 0.3) is 22.9 Å². The fourth-order valence-electron chi connectivity index (χ4n) is 3.74. The summed E-state index contributed by atoms with van der Waals surface area (Å²) in [4.78, 5) is 46.8. The van der Waals surface area contributed by atoms with Crippen LogP contribution in [-0.4, -0.2) is 37.5 Å². The van der Waals surface area contributed by atoms with Gasteiger partial charge in [0.25, 0.3) is 0 Å². The number of carbonyl (C=O) groups excluding carboxylic acids is 4. The first-order valence-corrected chi connectivity index (χ1v) is 13.7. The van der Waals surface area contributed by atoms with Crippen molar-refractivity contribution in [3.63, 3.8) is 0 Å². The first-order valence-electron chi connectivity index (χ1n) is 13.7. The molecule has 0 radical (unpaired) electrons. The molecule has 0 spiro atoms. The predicted octanol–water partition coefficient (Wildman–Crippen LogP) is 6.21. The second kappa shape index (κ2) is 16.4. The van der Waals surface area contributed by atoms with Crippen LogP contribution >= 0.6 is 0 Å². The quantitative estimate of drug-likeness (QED) is 0.0696. The van der Waals surface area contributed by atoms with Gasteiger partial charge in [0.1, 0.15) is 23.0 Å². The van der Waals surface area contributed by atoms with Crippen LogP contribution in [0.3, 0.4) is 0 Å². The number of ether oxygens (including phenoxy) is 6. The normalized spacial score (nSPS) is 10.7. The first kappa shape index (κ1) is 32.5. The van der Waals surface area contributed by atoms with Crippen LogP contribution < -0.4 is 18.9 Å². The van der Waals surface area contributed by atoms with Crippen LogP contribution in [0.5, 0.6) is 23.0 Å². The summed E-state index contributed by atoms with van der Waals surface area (Å²) in [6, 6.07) is 23.8. The molecule has 0 aliphatic rings. The zero-order valence-corrected chi connectivity index (χ0v) is 24.5. The molecule has 4 rings (SSSR count). The third-order valence-electron chi connectivity index (χ3n) is 5.99. The molecule has 0 aromatic heterocycles. The predicted molar refractivity (Wildman–Crippen MR) is 170 cm³/mol. The molecule has 0 saturated heterocycles. The SMILES string of the molecule is C=CC(=O)OCOc1ccc(/C=C/C(=O)Oc2ccc3cc(OC(=O)/C=C/c4ccc(OCOC(=O)C=C)cc4)ccc3c2)cc1. The molecule has 0 amide bonds. The molecule has 232 valence electrons. The lowest BCUT2D eigenvalue weighted by Crippen LogP contribution is -2.07. The highest BCUT2D eigenvalue weighted by Gasteiger charge is 2.06. The van der Waals surface area contributed by atoms with Crippen LogP contribution in [-0.2, 0) is 28.7 Å². The van der Waals surface area contributed by atoms with Crippen molar-refractivity contribution in [1.82, 2.24) is 0 Å². The van der Waals surface area contributed by atoms with Crippen molar-refractivity contribution in [1.29, 1.82) is 0 Å². The Kier molecular flexibility index (Phi) is 11.6. The highest BCUT2D eigenvalue weighted by molar-refractivity contribution is 5.92. The van der Waals surface area contributed by atoms with Crippen molar-refractivity contribution in [2.24, 2.45) is 0 Å². The van der Waals surface area contributed by atoms with E-state index in [2.05, 4.69) is 13.2 Å². The number of esters is 4. The van der Waals surface area contributed by atoms with Gasteiger partial charge >= 0.3 is 23.9 Å². The number of hydrogen-bond acceptors (Lipinski definition) is 10. The van der Waals surface area contributed by atoms with Crippen LogP contribution in [0, 0.1) is 0 Å². The Morgan fingerprint density at radius 2 is 0.870 bits per heavy atom. The Morgan fingerprint density at radius 1 is 0.500 bits per heavy atom. The van der Waals surface area contributed by atoms with Gasteiger partial charge in [0.05, 0.1) is 0 Å². The van der Waals surface area contributed by atoms with Gasteiger partial charge in [0.2, 0.25) is 13.6 Å². The Morgan fingerprint density at radius 3 is 1.24 bits per heavy atom. The second-order valence-corrected chi connectivity index (χ2v) is 9.18. The zero-order chi connectivity index (χ0) is 32.7. The van der Waals surface area contributed by atoms with E-state index < -0.39 is 23.9 Å². The van der Waals surface area contributed by atoms with Crippen molar-refractivity contribution in [3.05, 3.63) is 134 Å². The summed E-state index contributed by atoms with van der Waals surface area (Å²) in [5, 5.41) is 1.56. The van der Waals surface area contributed by atoms with E-state index in [0.717, 1.165) is 34.1 Å². The maximum Gasteiger partial charge on any atom is 0.336 e. The van der Waals surface area contributed by atoms with Crippen molar-refractivity contribution < 1.29 is 47.6 Å². The first-order chi connectivity index (χ1) is 22.3. The summed E-state index contributed by atoms with van der Waals surface area (Å²) in [5.41, 5.74) is 1.46. The molecule has 46 heavy (non-hydrogen) atoms. The minimum Gasteiger partial charge on any atom is -0.457 e. The molecule has 0 fully saturated rings. The summed E-state index contributed by atoms with van der Waals surface area (Å²) in [6.07, 6.45) is 7.87. The van der Waals surface area contributed by atoms with Crippen molar-refractivity contribution >= 4 is 46.8 Å². The monoisotopic (exact) mass is 620 g/mol. The lowest BCUT2D eigenvalue weighted by atomic mass is 10.1. The highest BCUT2D eigenvalue weighted by Crippen LogP contribution is 2.25. The summed E-state index contributed by atoms with van der Waals surface area (Å²) < 4.78 is 31.0. The van der Waals surface area contributed by atoms with Gasteiger partial charge in [0.15, 0.2) is 0 Å². The van der Waals surface area contributed by atoms with Gasteiger partial charge in [-0.1, -0.05) is 49.6 Å². The van der Waals surface area contributed by atoms with Crippen LogP contribution in [0.2, 0.25) is 0 Å². The van der Waals surface area contributed by atoms with Crippen molar-refractivity contribution in [2.75, 3.05) is 13.6 Å². The minimum atomic E-state index is -0.583. The van der Waals surface area contributed by atoms with Gasteiger partial charge < -0.3 is 28.4 Å². The molecule has 0 aliphatic heterocycles. The van der Waals surface area contributed by atoms with Gasteiger partial charge in [0, 0.05) is 24.3 Å². The van der Waals surface area contributed by atoms with Crippen molar-refractivity contribution in [2.45, 2.75) is 0 Å². The standard InChI is InChI=1S/C36H28O10/c1-3-33(37)43-23-41-29-13-5-25(6-14-29)9-19-35(39)45-31-17-11-28-22-32(18-12-27(28)21-31)46-36(40)20-10-26-7-15-30(16-8-26)42-24-44-34(38)4-2/h3-22H,1-2,23-24H2/b19-9+,20-10+.